The Hall–Kier alpha value is -1.89. The van der Waals surface area contributed by atoms with Gasteiger partial charge in [-0.1, -0.05) is 12.1 Å². The fourth-order valence-electron chi connectivity index (χ4n) is 1.54. The predicted molar refractivity (Wildman–Crippen MR) is 71.2 cm³/mol. The van der Waals surface area contributed by atoms with Crippen molar-refractivity contribution in [2.24, 2.45) is 5.92 Å². The van der Waals surface area contributed by atoms with Gasteiger partial charge in [-0.05, 0) is 24.6 Å². The zero-order valence-corrected chi connectivity index (χ0v) is 11.7. The van der Waals surface area contributed by atoms with Crippen molar-refractivity contribution in [1.82, 2.24) is 4.31 Å². The van der Waals surface area contributed by atoms with Crippen LogP contribution in [0.2, 0.25) is 0 Å². The number of sulfonamides is 1. The van der Waals surface area contributed by atoms with Crippen LogP contribution in [-0.4, -0.2) is 26.3 Å². The highest BCUT2D eigenvalue weighted by Crippen LogP contribution is 2.12. The second kappa shape index (κ2) is 6.33. The maximum absolute atomic E-state index is 12.1. The minimum absolute atomic E-state index is 0.132. The van der Waals surface area contributed by atoms with Crippen molar-refractivity contribution in [3.63, 3.8) is 0 Å². The molecule has 1 rings (SSSR count). The molecule has 0 fully saturated rings. The molecule has 0 spiro atoms. The van der Waals surface area contributed by atoms with Gasteiger partial charge in [0.05, 0.1) is 29.4 Å². The van der Waals surface area contributed by atoms with Crippen LogP contribution < -0.4 is 0 Å². The first-order chi connectivity index (χ1) is 8.89. The first kappa shape index (κ1) is 15.2. The molecular weight excluding hydrogens is 262 g/mol. The first-order valence-corrected chi connectivity index (χ1v) is 7.32. The molecule has 0 saturated carbocycles. The molecule has 1 aromatic carbocycles. The summed E-state index contributed by atoms with van der Waals surface area (Å²) in [6, 6.07) is 10.4. The Bertz CT molecular complexity index is 609. The minimum atomic E-state index is -3.44. The summed E-state index contributed by atoms with van der Waals surface area (Å²) < 4.78 is 25.3. The van der Waals surface area contributed by atoms with E-state index in [1.165, 1.54) is 11.4 Å². The number of nitriles is 2. The zero-order valence-electron chi connectivity index (χ0n) is 10.9. The lowest BCUT2D eigenvalue weighted by molar-refractivity contribution is 0.438. The summed E-state index contributed by atoms with van der Waals surface area (Å²) in [6.07, 6.45) is 0. The van der Waals surface area contributed by atoms with Crippen LogP contribution in [0.15, 0.2) is 24.3 Å². The van der Waals surface area contributed by atoms with E-state index in [1.807, 2.05) is 12.1 Å². The molecular formula is C13H15N3O2S. The number of benzene rings is 1. The third kappa shape index (κ3) is 4.36. The Morgan fingerprint density at radius 2 is 1.84 bits per heavy atom. The number of hydrogen-bond acceptors (Lipinski definition) is 4. The molecule has 0 amide bonds. The van der Waals surface area contributed by atoms with Crippen LogP contribution in [0.4, 0.5) is 0 Å². The molecule has 5 nitrogen and oxygen atoms in total. The molecule has 0 heterocycles. The smallest absolute Gasteiger partial charge is 0.212 e. The molecule has 0 bridgehead atoms. The highest BCUT2D eigenvalue weighted by molar-refractivity contribution is 7.88. The monoisotopic (exact) mass is 277 g/mol. The van der Waals surface area contributed by atoms with E-state index in [0.717, 1.165) is 0 Å². The van der Waals surface area contributed by atoms with Gasteiger partial charge in [0.25, 0.3) is 0 Å². The molecule has 19 heavy (non-hydrogen) atoms. The summed E-state index contributed by atoms with van der Waals surface area (Å²) in [5, 5.41) is 17.4. The van der Waals surface area contributed by atoms with Crippen molar-refractivity contribution >= 4 is 10.0 Å². The van der Waals surface area contributed by atoms with Gasteiger partial charge < -0.3 is 0 Å². The van der Waals surface area contributed by atoms with E-state index < -0.39 is 10.0 Å². The van der Waals surface area contributed by atoms with E-state index in [2.05, 4.69) is 0 Å². The summed E-state index contributed by atoms with van der Waals surface area (Å²) >= 11 is 0. The summed E-state index contributed by atoms with van der Waals surface area (Å²) in [6.45, 7) is 1.85. The number of hydrogen-bond donors (Lipinski definition) is 0. The topological polar surface area (TPSA) is 85.0 Å². The molecule has 0 aromatic heterocycles. The van der Waals surface area contributed by atoms with Crippen LogP contribution in [0.3, 0.4) is 0 Å². The lowest BCUT2D eigenvalue weighted by Gasteiger charge is -2.18. The quantitative estimate of drug-likeness (QED) is 0.815. The Labute approximate surface area is 113 Å². The van der Waals surface area contributed by atoms with Crippen LogP contribution >= 0.6 is 0 Å². The zero-order chi connectivity index (χ0) is 14.5. The van der Waals surface area contributed by atoms with Crippen LogP contribution in [-0.2, 0) is 15.8 Å². The van der Waals surface area contributed by atoms with Gasteiger partial charge in [-0.15, -0.1) is 0 Å². The van der Waals surface area contributed by atoms with Gasteiger partial charge >= 0.3 is 0 Å². The van der Waals surface area contributed by atoms with Gasteiger partial charge in [0.1, 0.15) is 0 Å². The molecule has 1 atom stereocenters. The summed E-state index contributed by atoms with van der Waals surface area (Å²) in [4.78, 5) is 0. The van der Waals surface area contributed by atoms with Gasteiger partial charge in [0.2, 0.25) is 10.0 Å². The molecule has 100 valence electrons. The van der Waals surface area contributed by atoms with Gasteiger partial charge in [-0.3, -0.25) is 0 Å². The van der Waals surface area contributed by atoms with Crippen molar-refractivity contribution in [3.8, 4) is 12.1 Å². The highest BCUT2D eigenvalue weighted by atomic mass is 32.2. The number of rotatable bonds is 5. The van der Waals surface area contributed by atoms with Crippen LogP contribution in [0.1, 0.15) is 18.1 Å². The summed E-state index contributed by atoms with van der Waals surface area (Å²) in [5.41, 5.74) is 1.11. The second-order valence-electron chi connectivity index (χ2n) is 4.38. The molecule has 0 radical (unpaired) electrons. The average Bonchev–Trinajstić information content (AvgIpc) is 2.39. The molecule has 1 unspecified atom stereocenters. The van der Waals surface area contributed by atoms with Crippen molar-refractivity contribution in [2.45, 2.75) is 12.7 Å². The summed E-state index contributed by atoms with van der Waals surface area (Å²) in [5.74, 6) is -0.478. The van der Waals surface area contributed by atoms with E-state index in [4.69, 9.17) is 10.5 Å². The average molecular weight is 277 g/mol. The maximum Gasteiger partial charge on any atom is 0.218 e. The molecule has 0 saturated heterocycles. The molecule has 0 aliphatic carbocycles. The van der Waals surface area contributed by atoms with Crippen molar-refractivity contribution < 1.29 is 8.42 Å². The highest BCUT2D eigenvalue weighted by Gasteiger charge is 2.20. The molecule has 1 aromatic rings. The lowest BCUT2D eigenvalue weighted by Crippen LogP contribution is -2.31. The van der Waals surface area contributed by atoms with E-state index in [-0.39, 0.29) is 18.2 Å². The van der Waals surface area contributed by atoms with E-state index in [9.17, 15) is 8.42 Å². The molecule has 0 N–H and O–H groups in total. The fraction of sp³-hybridized carbons (Fsp3) is 0.385. The molecule has 6 heteroatoms. The number of nitrogens with zero attached hydrogens (tertiary/aromatic N) is 3. The minimum Gasteiger partial charge on any atom is -0.212 e. The standard InChI is InChI=1S/C13H15N3O2S/c1-11(7-14)9-16(2)19(17,18)10-13-5-3-12(8-15)4-6-13/h3-6,11H,9-10H2,1-2H3. The SMILES string of the molecule is CC(C#N)CN(C)S(=O)(=O)Cc1ccc(C#N)cc1. The maximum atomic E-state index is 12.1. The van der Waals surface area contributed by atoms with Gasteiger partial charge in [0.15, 0.2) is 0 Å². The fourth-order valence-corrected chi connectivity index (χ4v) is 2.82. The first-order valence-electron chi connectivity index (χ1n) is 5.71. The Balaban J connectivity index is 2.79. The van der Waals surface area contributed by atoms with E-state index in [1.54, 1.807) is 31.2 Å². The van der Waals surface area contributed by atoms with Crippen LogP contribution in [0.25, 0.3) is 0 Å². The lowest BCUT2D eigenvalue weighted by atomic mass is 10.2. The predicted octanol–water partition coefficient (Wildman–Crippen LogP) is 1.48. The largest absolute Gasteiger partial charge is 0.218 e. The van der Waals surface area contributed by atoms with E-state index in [0.29, 0.717) is 11.1 Å². The van der Waals surface area contributed by atoms with E-state index >= 15 is 0 Å². The van der Waals surface area contributed by atoms with Crippen LogP contribution in [0.5, 0.6) is 0 Å². The third-order valence-electron chi connectivity index (χ3n) is 2.66. The Morgan fingerprint density at radius 1 is 1.26 bits per heavy atom. The Morgan fingerprint density at radius 3 is 2.32 bits per heavy atom. The van der Waals surface area contributed by atoms with Gasteiger partial charge in [-0.25, -0.2) is 12.7 Å². The normalized spacial score (nSPS) is 12.7. The van der Waals surface area contributed by atoms with Gasteiger partial charge in [0, 0.05) is 13.6 Å². The van der Waals surface area contributed by atoms with Crippen molar-refractivity contribution in [3.05, 3.63) is 35.4 Å². The molecule has 0 aliphatic rings. The molecule has 0 aliphatic heterocycles. The van der Waals surface area contributed by atoms with Gasteiger partial charge in [-0.2, -0.15) is 10.5 Å². The van der Waals surface area contributed by atoms with Crippen molar-refractivity contribution in [1.29, 1.82) is 10.5 Å². The third-order valence-corrected chi connectivity index (χ3v) is 4.46. The van der Waals surface area contributed by atoms with Crippen LogP contribution in [0, 0.1) is 28.6 Å². The summed E-state index contributed by atoms with van der Waals surface area (Å²) in [7, 11) is -1.97. The Kier molecular flexibility index (Phi) is 5.05. The second-order valence-corrected chi connectivity index (χ2v) is 6.45. The van der Waals surface area contributed by atoms with Crippen molar-refractivity contribution in [2.75, 3.05) is 13.6 Å².